The molecule has 3 aromatic carbocycles. The zero-order chi connectivity index (χ0) is 18.7. The summed E-state index contributed by atoms with van der Waals surface area (Å²) in [6, 6.07) is 12.6. The summed E-state index contributed by atoms with van der Waals surface area (Å²) in [5.41, 5.74) is 3.62. The number of unbranched alkanes of at least 4 members (excludes halogenated alkanes) is 1. The van der Waals surface area contributed by atoms with E-state index < -0.39 is 0 Å². The molecule has 0 N–H and O–H groups in total. The van der Waals surface area contributed by atoms with Gasteiger partial charge in [0, 0.05) is 5.56 Å². The van der Waals surface area contributed by atoms with Crippen molar-refractivity contribution in [2.45, 2.75) is 40.0 Å². The van der Waals surface area contributed by atoms with Gasteiger partial charge in [-0.2, -0.15) is 0 Å². The number of hydrogen-bond donors (Lipinski definition) is 0. The molecule has 0 fully saturated rings. The number of halogens is 2. The maximum absolute atomic E-state index is 14.5. The number of rotatable bonds is 3. The monoisotopic (exact) mass is 348 g/mol. The van der Waals surface area contributed by atoms with Gasteiger partial charge in [-0.1, -0.05) is 49.5 Å². The molecule has 2 heteroatoms. The van der Waals surface area contributed by atoms with Crippen molar-refractivity contribution in [2.24, 2.45) is 0 Å². The molecule has 0 spiro atoms. The maximum Gasteiger partial charge on any atom is 0.139 e. The van der Waals surface area contributed by atoms with Crippen molar-refractivity contribution in [1.29, 1.82) is 0 Å². The first-order chi connectivity index (χ1) is 12.5. The Hall–Kier alpha value is -2.66. The third-order valence-electron chi connectivity index (χ3n) is 4.65. The first-order valence-corrected chi connectivity index (χ1v) is 8.99. The molecular formula is C24H22F2. The van der Waals surface area contributed by atoms with Gasteiger partial charge >= 0.3 is 0 Å². The molecule has 0 aromatic heterocycles. The average molecular weight is 348 g/mol. The summed E-state index contributed by atoms with van der Waals surface area (Å²) in [5, 5.41) is 1.85. The van der Waals surface area contributed by atoms with Crippen LogP contribution >= 0.6 is 0 Å². The van der Waals surface area contributed by atoms with Crippen LogP contribution in [0.15, 0.2) is 42.5 Å². The van der Waals surface area contributed by atoms with Gasteiger partial charge in [-0.05, 0) is 72.4 Å². The highest BCUT2D eigenvalue weighted by Gasteiger charge is 2.05. The molecule has 0 saturated carbocycles. The van der Waals surface area contributed by atoms with Gasteiger partial charge in [-0.25, -0.2) is 8.78 Å². The van der Waals surface area contributed by atoms with E-state index in [2.05, 4.69) is 24.8 Å². The van der Waals surface area contributed by atoms with Crippen LogP contribution in [0.2, 0.25) is 0 Å². The van der Waals surface area contributed by atoms with Gasteiger partial charge in [0.2, 0.25) is 0 Å². The number of fused-ring (bicyclic) bond motifs is 1. The summed E-state index contributed by atoms with van der Waals surface area (Å²) in [5.74, 6) is 5.14. The maximum atomic E-state index is 14.5. The Balaban J connectivity index is 1.97. The van der Waals surface area contributed by atoms with Crippen molar-refractivity contribution in [3.05, 3.63) is 81.9 Å². The van der Waals surface area contributed by atoms with Gasteiger partial charge < -0.3 is 0 Å². The highest BCUT2D eigenvalue weighted by Crippen LogP contribution is 2.22. The second kappa shape index (κ2) is 7.70. The van der Waals surface area contributed by atoms with Crippen LogP contribution in [0.3, 0.4) is 0 Å². The van der Waals surface area contributed by atoms with Gasteiger partial charge in [0.05, 0.1) is 5.56 Å². The molecular weight excluding hydrogens is 326 g/mol. The van der Waals surface area contributed by atoms with E-state index >= 15 is 0 Å². The van der Waals surface area contributed by atoms with E-state index in [1.807, 2.05) is 19.1 Å². The SMILES string of the molecule is CCCCc1ccc2cc(C#Cc3cc(F)c(C)cc3C)c(F)cc2c1. The van der Waals surface area contributed by atoms with Crippen LogP contribution in [0.4, 0.5) is 8.78 Å². The van der Waals surface area contributed by atoms with Crippen LogP contribution in [0.1, 0.15) is 47.6 Å². The van der Waals surface area contributed by atoms with E-state index in [4.69, 9.17) is 0 Å². The molecule has 0 aliphatic carbocycles. The molecule has 0 nitrogen and oxygen atoms in total. The topological polar surface area (TPSA) is 0 Å². The normalized spacial score (nSPS) is 10.7. The number of hydrogen-bond acceptors (Lipinski definition) is 0. The molecule has 3 aromatic rings. The predicted molar refractivity (Wildman–Crippen MR) is 104 cm³/mol. The van der Waals surface area contributed by atoms with E-state index in [1.165, 1.54) is 17.7 Å². The van der Waals surface area contributed by atoms with E-state index in [-0.39, 0.29) is 11.6 Å². The van der Waals surface area contributed by atoms with Crippen LogP contribution < -0.4 is 0 Å². The summed E-state index contributed by atoms with van der Waals surface area (Å²) < 4.78 is 28.2. The van der Waals surface area contributed by atoms with Gasteiger partial charge in [0.15, 0.2) is 0 Å². The third kappa shape index (κ3) is 3.94. The molecule has 0 amide bonds. The Morgan fingerprint density at radius 2 is 1.54 bits per heavy atom. The first-order valence-electron chi connectivity index (χ1n) is 8.99. The number of benzene rings is 3. The van der Waals surface area contributed by atoms with Crippen LogP contribution in [0.5, 0.6) is 0 Å². The molecule has 0 saturated heterocycles. The molecule has 132 valence electrons. The lowest BCUT2D eigenvalue weighted by atomic mass is 10.0. The van der Waals surface area contributed by atoms with Crippen molar-refractivity contribution >= 4 is 10.8 Å². The predicted octanol–water partition coefficient (Wildman–Crippen LogP) is 6.48. The van der Waals surface area contributed by atoms with E-state index in [1.54, 1.807) is 19.1 Å². The van der Waals surface area contributed by atoms with Gasteiger partial charge in [-0.3, -0.25) is 0 Å². The quantitative estimate of drug-likeness (QED) is 0.475. The van der Waals surface area contributed by atoms with Crippen LogP contribution in [0, 0.1) is 37.3 Å². The van der Waals surface area contributed by atoms with Crippen molar-refractivity contribution in [3.63, 3.8) is 0 Å². The fourth-order valence-corrected chi connectivity index (χ4v) is 3.05. The lowest BCUT2D eigenvalue weighted by Crippen LogP contribution is -1.91. The molecule has 0 atom stereocenters. The smallest absolute Gasteiger partial charge is 0.139 e. The standard InChI is InChI=1S/C24H22F2/c1-4-5-6-18-7-8-20-13-21(24(26)15-22(20)12-18)10-9-19-14-23(25)17(3)11-16(19)2/h7-8,11-15H,4-6H2,1-3H3. The molecule has 0 unspecified atom stereocenters. The fraction of sp³-hybridized carbons (Fsp3) is 0.250. The van der Waals surface area contributed by atoms with E-state index in [0.717, 1.165) is 35.6 Å². The minimum atomic E-state index is -0.345. The Labute approximate surface area is 153 Å². The van der Waals surface area contributed by atoms with Crippen molar-refractivity contribution in [3.8, 4) is 11.8 Å². The molecule has 26 heavy (non-hydrogen) atoms. The Kier molecular flexibility index (Phi) is 5.38. The second-order valence-electron chi connectivity index (χ2n) is 6.78. The minimum Gasteiger partial charge on any atom is -0.207 e. The van der Waals surface area contributed by atoms with Crippen molar-refractivity contribution in [2.75, 3.05) is 0 Å². The third-order valence-corrected chi connectivity index (χ3v) is 4.65. The minimum absolute atomic E-state index is 0.293. The largest absolute Gasteiger partial charge is 0.207 e. The van der Waals surface area contributed by atoms with Gasteiger partial charge in [0.25, 0.3) is 0 Å². The Bertz CT molecular complexity index is 1020. The first kappa shape index (κ1) is 18.1. The molecule has 0 radical (unpaired) electrons. The Morgan fingerprint density at radius 1 is 0.769 bits per heavy atom. The molecule has 0 heterocycles. The molecule has 3 rings (SSSR count). The number of aryl methyl sites for hydroxylation is 3. The van der Waals surface area contributed by atoms with Crippen molar-refractivity contribution < 1.29 is 8.78 Å². The highest BCUT2D eigenvalue weighted by molar-refractivity contribution is 5.84. The summed E-state index contributed by atoms with van der Waals surface area (Å²) in [4.78, 5) is 0. The lowest BCUT2D eigenvalue weighted by molar-refractivity contribution is 0.617. The summed E-state index contributed by atoms with van der Waals surface area (Å²) >= 11 is 0. The van der Waals surface area contributed by atoms with E-state index in [9.17, 15) is 8.78 Å². The van der Waals surface area contributed by atoms with E-state index in [0.29, 0.717) is 16.7 Å². The summed E-state index contributed by atoms with van der Waals surface area (Å²) in [6.45, 7) is 5.76. The van der Waals surface area contributed by atoms with Crippen molar-refractivity contribution in [1.82, 2.24) is 0 Å². The highest BCUT2D eigenvalue weighted by atomic mass is 19.1. The van der Waals surface area contributed by atoms with Crippen LogP contribution in [0.25, 0.3) is 10.8 Å². The second-order valence-corrected chi connectivity index (χ2v) is 6.78. The van der Waals surface area contributed by atoms with Crippen LogP contribution in [-0.2, 0) is 6.42 Å². The fourth-order valence-electron chi connectivity index (χ4n) is 3.05. The molecule has 0 bridgehead atoms. The average Bonchev–Trinajstić information content (AvgIpc) is 2.61. The molecule has 0 aliphatic heterocycles. The zero-order valence-corrected chi connectivity index (χ0v) is 15.4. The summed E-state index contributed by atoms with van der Waals surface area (Å²) in [7, 11) is 0. The zero-order valence-electron chi connectivity index (χ0n) is 15.4. The molecule has 0 aliphatic rings. The Morgan fingerprint density at radius 3 is 2.31 bits per heavy atom. The lowest BCUT2D eigenvalue weighted by Gasteiger charge is -2.05. The van der Waals surface area contributed by atoms with Crippen LogP contribution in [-0.4, -0.2) is 0 Å². The summed E-state index contributed by atoms with van der Waals surface area (Å²) in [6.07, 6.45) is 3.28. The van der Waals surface area contributed by atoms with Gasteiger partial charge in [0.1, 0.15) is 11.6 Å². The van der Waals surface area contributed by atoms with Gasteiger partial charge in [-0.15, -0.1) is 0 Å².